The average molecular weight is 226 g/mol. The van der Waals surface area contributed by atoms with Crippen LogP contribution in [0.5, 0.6) is 0 Å². The van der Waals surface area contributed by atoms with Crippen molar-refractivity contribution < 1.29 is 0 Å². The Morgan fingerprint density at radius 1 is 1.57 bits per heavy atom. The molecule has 0 aromatic heterocycles. The van der Waals surface area contributed by atoms with Gasteiger partial charge >= 0.3 is 0 Å². The van der Waals surface area contributed by atoms with Gasteiger partial charge < -0.3 is 0 Å². The van der Waals surface area contributed by atoms with Crippen LogP contribution in [0.25, 0.3) is 0 Å². The van der Waals surface area contributed by atoms with Crippen molar-refractivity contribution in [3.63, 3.8) is 0 Å². The molecule has 0 fully saturated rings. The summed E-state index contributed by atoms with van der Waals surface area (Å²) in [5.41, 5.74) is 0. The monoisotopic (exact) mass is 224 g/mol. The van der Waals surface area contributed by atoms with E-state index in [-0.39, 0.29) is 0 Å². The molecule has 0 heterocycles. The predicted molar refractivity (Wildman–Crippen MR) is 40.8 cm³/mol. The summed E-state index contributed by atoms with van der Waals surface area (Å²) < 4.78 is 2.08. The highest BCUT2D eigenvalue weighted by Gasteiger charge is 1.83. The second kappa shape index (κ2) is 3.44. The molecular weight excluding hydrogens is 220 g/mol. The van der Waals surface area contributed by atoms with Gasteiger partial charge in [0.1, 0.15) is 0 Å². The maximum Gasteiger partial charge on any atom is 0.0267 e. The molecular formula is C5H6Br2. The summed E-state index contributed by atoms with van der Waals surface area (Å²) in [6.07, 6.45) is 1.74. The maximum absolute atomic E-state index is 3.55. The van der Waals surface area contributed by atoms with Crippen molar-refractivity contribution in [2.75, 3.05) is 0 Å². The first-order valence-corrected chi connectivity index (χ1v) is 3.41. The number of hydrogen-bond acceptors (Lipinski definition) is 0. The van der Waals surface area contributed by atoms with Crippen molar-refractivity contribution in [3.05, 3.63) is 21.6 Å². The second-order valence-electron chi connectivity index (χ2n) is 1.09. The number of rotatable bonds is 1. The molecule has 0 unspecified atom stereocenters. The van der Waals surface area contributed by atoms with Gasteiger partial charge in [-0.05, 0) is 22.9 Å². The molecule has 0 amide bonds. The molecule has 0 spiro atoms. The Kier molecular flexibility index (Phi) is 3.66. The molecule has 0 atom stereocenters. The van der Waals surface area contributed by atoms with Crippen LogP contribution in [0.4, 0.5) is 0 Å². The molecule has 0 nitrogen and oxygen atoms in total. The van der Waals surface area contributed by atoms with Crippen LogP contribution in [0.2, 0.25) is 0 Å². The maximum atomic E-state index is 3.55. The average Bonchev–Trinajstić information content (AvgIpc) is 1.65. The summed E-state index contributed by atoms with van der Waals surface area (Å²) in [6.45, 7) is 5.50. The van der Waals surface area contributed by atoms with Crippen molar-refractivity contribution >= 4 is 31.9 Å². The fourth-order valence-electron chi connectivity index (χ4n) is 0.141. The first-order chi connectivity index (χ1) is 3.18. The summed E-state index contributed by atoms with van der Waals surface area (Å²) in [5, 5.41) is 0. The van der Waals surface area contributed by atoms with Crippen LogP contribution in [0.1, 0.15) is 6.92 Å². The SMILES string of the molecule is C=C/C(Br)=C(/C)Br. The Balaban J connectivity index is 3.98. The summed E-state index contributed by atoms with van der Waals surface area (Å²) in [6, 6.07) is 0. The smallest absolute Gasteiger partial charge is 0.0267 e. The van der Waals surface area contributed by atoms with Gasteiger partial charge in [-0.25, -0.2) is 0 Å². The largest absolute Gasteiger partial charge is 0.0979 e. The third-order valence-electron chi connectivity index (χ3n) is 0.508. The van der Waals surface area contributed by atoms with E-state index in [2.05, 4.69) is 38.4 Å². The standard InChI is InChI=1S/C5H6Br2/c1-3-5(7)4(2)6/h3H,1H2,2H3/b5-4+. The molecule has 0 aliphatic rings. The van der Waals surface area contributed by atoms with Gasteiger partial charge in [-0.1, -0.05) is 28.6 Å². The molecule has 0 aromatic carbocycles. The molecule has 40 valence electrons. The first kappa shape index (κ1) is 7.44. The van der Waals surface area contributed by atoms with Gasteiger partial charge in [-0.2, -0.15) is 0 Å². The van der Waals surface area contributed by atoms with Gasteiger partial charge in [0.25, 0.3) is 0 Å². The van der Waals surface area contributed by atoms with E-state index in [1.54, 1.807) is 6.08 Å². The van der Waals surface area contributed by atoms with Crippen LogP contribution in [-0.4, -0.2) is 0 Å². The zero-order valence-electron chi connectivity index (χ0n) is 4.04. The van der Waals surface area contributed by atoms with Crippen molar-refractivity contribution in [2.24, 2.45) is 0 Å². The molecule has 0 N–H and O–H groups in total. The van der Waals surface area contributed by atoms with E-state index in [0.29, 0.717) is 0 Å². The third-order valence-corrected chi connectivity index (χ3v) is 2.39. The minimum Gasteiger partial charge on any atom is -0.0979 e. The topological polar surface area (TPSA) is 0 Å². The number of halogens is 2. The molecule has 0 bridgehead atoms. The van der Waals surface area contributed by atoms with Gasteiger partial charge in [0.05, 0.1) is 0 Å². The lowest BCUT2D eigenvalue weighted by Gasteiger charge is -1.85. The second-order valence-corrected chi connectivity index (χ2v) is 3.13. The van der Waals surface area contributed by atoms with Crippen LogP contribution in [0.3, 0.4) is 0 Å². The van der Waals surface area contributed by atoms with Gasteiger partial charge in [0.2, 0.25) is 0 Å². The van der Waals surface area contributed by atoms with Crippen molar-refractivity contribution in [1.82, 2.24) is 0 Å². The van der Waals surface area contributed by atoms with Crippen molar-refractivity contribution in [2.45, 2.75) is 6.92 Å². The van der Waals surface area contributed by atoms with Crippen LogP contribution in [0.15, 0.2) is 21.6 Å². The van der Waals surface area contributed by atoms with Crippen molar-refractivity contribution in [3.8, 4) is 0 Å². The lowest BCUT2D eigenvalue weighted by atomic mass is 10.5. The number of allylic oxidation sites excluding steroid dienone is 3. The summed E-state index contributed by atoms with van der Waals surface area (Å²) in [5.74, 6) is 0. The fraction of sp³-hybridized carbons (Fsp3) is 0.200. The van der Waals surface area contributed by atoms with Crippen LogP contribution >= 0.6 is 31.9 Å². The fourth-order valence-corrected chi connectivity index (χ4v) is 0.303. The van der Waals surface area contributed by atoms with Crippen LogP contribution < -0.4 is 0 Å². The van der Waals surface area contributed by atoms with Gasteiger partial charge in [-0.3, -0.25) is 0 Å². The summed E-state index contributed by atoms with van der Waals surface area (Å²) >= 11 is 6.52. The normalized spacial score (nSPS) is 13.0. The molecule has 0 rings (SSSR count). The zero-order chi connectivity index (χ0) is 5.86. The molecule has 0 aliphatic heterocycles. The molecule has 0 aromatic rings. The molecule has 2 heteroatoms. The third kappa shape index (κ3) is 3.06. The van der Waals surface area contributed by atoms with E-state index in [1.807, 2.05) is 6.92 Å². The Hall–Kier alpha value is 0.440. The molecule has 7 heavy (non-hydrogen) atoms. The quantitative estimate of drug-likeness (QED) is 0.602. The molecule has 0 radical (unpaired) electrons. The first-order valence-electron chi connectivity index (χ1n) is 1.82. The lowest BCUT2D eigenvalue weighted by Crippen LogP contribution is -1.59. The Morgan fingerprint density at radius 3 is 2.00 bits per heavy atom. The van der Waals surface area contributed by atoms with E-state index in [4.69, 9.17) is 0 Å². The van der Waals surface area contributed by atoms with E-state index in [0.717, 1.165) is 8.96 Å². The summed E-state index contributed by atoms with van der Waals surface area (Å²) in [7, 11) is 0. The van der Waals surface area contributed by atoms with Gasteiger partial charge in [0, 0.05) is 8.96 Å². The highest BCUT2D eigenvalue weighted by Crippen LogP contribution is 2.16. The molecule has 0 saturated heterocycles. The zero-order valence-corrected chi connectivity index (χ0v) is 7.21. The van der Waals surface area contributed by atoms with Crippen molar-refractivity contribution in [1.29, 1.82) is 0 Å². The lowest BCUT2D eigenvalue weighted by molar-refractivity contribution is 1.68. The summed E-state index contributed by atoms with van der Waals surface area (Å²) in [4.78, 5) is 0. The number of hydrogen-bond donors (Lipinski definition) is 0. The van der Waals surface area contributed by atoms with E-state index in [1.165, 1.54) is 0 Å². The predicted octanol–water partition coefficient (Wildman–Crippen LogP) is 3.19. The molecule has 0 saturated carbocycles. The Bertz CT molecular complexity index is 98.6. The van der Waals surface area contributed by atoms with E-state index < -0.39 is 0 Å². The highest BCUT2D eigenvalue weighted by molar-refractivity contribution is 9.14. The van der Waals surface area contributed by atoms with E-state index >= 15 is 0 Å². The van der Waals surface area contributed by atoms with Crippen LogP contribution in [0, 0.1) is 0 Å². The highest BCUT2D eigenvalue weighted by atomic mass is 79.9. The van der Waals surface area contributed by atoms with E-state index in [9.17, 15) is 0 Å². The van der Waals surface area contributed by atoms with Gasteiger partial charge in [-0.15, -0.1) is 0 Å². The minimum absolute atomic E-state index is 1.01. The van der Waals surface area contributed by atoms with Gasteiger partial charge in [0.15, 0.2) is 0 Å². The van der Waals surface area contributed by atoms with Crippen LogP contribution in [-0.2, 0) is 0 Å². The molecule has 0 aliphatic carbocycles. The minimum atomic E-state index is 1.01. The Labute approximate surface area is 60.6 Å². The Morgan fingerprint density at radius 2 is 2.00 bits per heavy atom.